The maximum absolute atomic E-state index is 11.1. The summed E-state index contributed by atoms with van der Waals surface area (Å²) >= 11 is 0. The molecule has 0 unspecified atom stereocenters. The first-order valence-corrected chi connectivity index (χ1v) is 4.21. The minimum absolute atomic E-state index is 0.167. The highest BCUT2D eigenvalue weighted by Crippen LogP contribution is 2.06. The smallest absolute Gasteiger partial charge is 0.407 e. The van der Waals surface area contributed by atoms with E-state index >= 15 is 0 Å². The molecule has 0 fully saturated rings. The molecule has 0 spiro atoms. The van der Waals surface area contributed by atoms with Crippen molar-refractivity contribution >= 4 is 6.09 Å². The van der Waals surface area contributed by atoms with Gasteiger partial charge >= 0.3 is 6.09 Å². The normalized spacial score (nSPS) is 13.6. The standard InChI is InChI=1S/C8H18N2O3/c1-6(5-9-12)10-7(11)13-8(2,3)4/h6,9,12H,5H2,1-4H3,(H,10,11)/t6-/m0/s1. The number of amides is 1. The number of hydrogen-bond donors (Lipinski definition) is 3. The van der Waals surface area contributed by atoms with Crippen LogP contribution in [0.2, 0.25) is 0 Å². The molecule has 1 amide bonds. The number of hydroxylamine groups is 1. The number of ether oxygens (including phenoxy) is 1. The highest BCUT2D eigenvalue weighted by molar-refractivity contribution is 5.68. The fraction of sp³-hybridized carbons (Fsp3) is 0.875. The highest BCUT2D eigenvalue weighted by atomic mass is 16.6. The van der Waals surface area contributed by atoms with Crippen LogP contribution in [0, 0.1) is 0 Å². The van der Waals surface area contributed by atoms with Crippen molar-refractivity contribution in [1.29, 1.82) is 0 Å². The molecule has 3 N–H and O–H groups in total. The molecule has 5 heteroatoms. The topological polar surface area (TPSA) is 70.6 Å². The Morgan fingerprint density at radius 2 is 2.08 bits per heavy atom. The Balaban J connectivity index is 3.74. The van der Waals surface area contributed by atoms with Gasteiger partial charge in [-0.25, -0.2) is 10.3 Å². The molecule has 0 bridgehead atoms. The highest BCUT2D eigenvalue weighted by Gasteiger charge is 2.17. The van der Waals surface area contributed by atoms with Gasteiger partial charge in [0.1, 0.15) is 5.60 Å². The maximum Gasteiger partial charge on any atom is 0.407 e. The quantitative estimate of drug-likeness (QED) is 0.578. The number of carbonyl (C=O) groups is 1. The van der Waals surface area contributed by atoms with Gasteiger partial charge in [0.2, 0.25) is 0 Å². The molecular formula is C8H18N2O3. The van der Waals surface area contributed by atoms with Crippen LogP contribution in [0.4, 0.5) is 4.79 Å². The number of hydrogen-bond acceptors (Lipinski definition) is 4. The van der Waals surface area contributed by atoms with Crippen molar-refractivity contribution in [1.82, 2.24) is 10.8 Å². The number of nitrogens with one attached hydrogen (secondary N) is 2. The Morgan fingerprint density at radius 1 is 1.54 bits per heavy atom. The molecule has 0 aromatic carbocycles. The molecule has 0 rings (SSSR count). The van der Waals surface area contributed by atoms with Crippen molar-refractivity contribution < 1.29 is 14.7 Å². The largest absolute Gasteiger partial charge is 0.444 e. The Bertz CT molecular complexity index is 165. The Kier molecular flexibility index (Phi) is 4.72. The first-order valence-electron chi connectivity index (χ1n) is 4.21. The molecule has 0 radical (unpaired) electrons. The lowest BCUT2D eigenvalue weighted by Crippen LogP contribution is -2.41. The van der Waals surface area contributed by atoms with Crippen molar-refractivity contribution in [3.8, 4) is 0 Å². The van der Waals surface area contributed by atoms with Gasteiger partial charge in [-0.2, -0.15) is 0 Å². The summed E-state index contributed by atoms with van der Waals surface area (Å²) in [6.07, 6.45) is -0.477. The SMILES string of the molecule is C[C@@H](CNO)NC(=O)OC(C)(C)C. The molecule has 0 saturated heterocycles. The monoisotopic (exact) mass is 190 g/mol. The Hall–Kier alpha value is -0.810. The van der Waals surface area contributed by atoms with E-state index < -0.39 is 11.7 Å². The predicted molar refractivity (Wildman–Crippen MR) is 48.6 cm³/mol. The summed E-state index contributed by atoms with van der Waals surface area (Å²) in [6, 6.07) is -0.167. The van der Waals surface area contributed by atoms with Crippen LogP contribution in [-0.2, 0) is 4.74 Å². The van der Waals surface area contributed by atoms with Crippen LogP contribution >= 0.6 is 0 Å². The number of alkyl carbamates (subject to hydrolysis) is 1. The lowest BCUT2D eigenvalue weighted by molar-refractivity contribution is 0.0495. The molecule has 0 aliphatic rings. The van der Waals surface area contributed by atoms with E-state index in [0.717, 1.165) is 0 Å². The van der Waals surface area contributed by atoms with Crippen LogP contribution in [0.15, 0.2) is 0 Å². The molecule has 0 heterocycles. The first kappa shape index (κ1) is 12.2. The zero-order chi connectivity index (χ0) is 10.5. The molecule has 78 valence electrons. The summed E-state index contributed by atoms with van der Waals surface area (Å²) in [5.74, 6) is 0. The molecule has 0 aliphatic heterocycles. The van der Waals surface area contributed by atoms with Crippen molar-refractivity contribution in [2.24, 2.45) is 0 Å². The lowest BCUT2D eigenvalue weighted by atomic mass is 10.2. The van der Waals surface area contributed by atoms with E-state index in [-0.39, 0.29) is 6.04 Å². The summed E-state index contributed by atoms with van der Waals surface area (Å²) in [5.41, 5.74) is 1.48. The van der Waals surface area contributed by atoms with E-state index in [1.165, 1.54) is 0 Å². The average molecular weight is 190 g/mol. The van der Waals surface area contributed by atoms with Crippen LogP contribution in [0.25, 0.3) is 0 Å². The Morgan fingerprint density at radius 3 is 2.46 bits per heavy atom. The summed E-state index contributed by atoms with van der Waals surface area (Å²) in [6.45, 7) is 7.43. The van der Waals surface area contributed by atoms with Crippen molar-refractivity contribution in [3.05, 3.63) is 0 Å². The van der Waals surface area contributed by atoms with E-state index in [2.05, 4.69) is 5.32 Å². The summed E-state index contributed by atoms with van der Waals surface area (Å²) in [5, 5.41) is 10.9. The van der Waals surface area contributed by atoms with Crippen LogP contribution < -0.4 is 10.8 Å². The number of carbonyl (C=O) groups excluding carboxylic acids is 1. The van der Waals surface area contributed by atoms with Crippen LogP contribution in [0.3, 0.4) is 0 Å². The fourth-order valence-corrected chi connectivity index (χ4v) is 0.697. The van der Waals surface area contributed by atoms with Gasteiger partial charge in [0.05, 0.1) is 0 Å². The van der Waals surface area contributed by atoms with Gasteiger partial charge < -0.3 is 15.3 Å². The third kappa shape index (κ3) is 7.55. The first-order chi connectivity index (χ1) is 5.85. The lowest BCUT2D eigenvalue weighted by Gasteiger charge is -2.21. The van der Waals surface area contributed by atoms with E-state index in [9.17, 15) is 4.79 Å². The van der Waals surface area contributed by atoms with Gasteiger partial charge in [-0.3, -0.25) is 0 Å². The molecule has 5 nitrogen and oxygen atoms in total. The van der Waals surface area contributed by atoms with Gasteiger partial charge in [0.15, 0.2) is 0 Å². The minimum Gasteiger partial charge on any atom is -0.444 e. The van der Waals surface area contributed by atoms with Crippen molar-refractivity contribution in [2.45, 2.75) is 39.3 Å². The zero-order valence-electron chi connectivity index (χ0n) is 8.55. The van der Waals surface area contributed by atoms with Crippen molar-refractivity contribution in [3.63, 3.8) is 0 Å². The van der Waals surface area contributed by atoms with E-state index in [4.69, 9.17) is 9.94 Å². The van der Waals surface area contributed by atoms with E-state index in [0.29, 0.717) is 6.54 Å². The fourth-order valence-electron chi connectivity index (χ4n) is 0.697. The predicted octanol–water partition coefficient (Wildman–Crippen LogP) is 0.878. The summed E-state index contributed by atoms with van der Waals surface area (Å²) < 4.78 is 5.00. The molecule has 1 atom stereocenters. The second kappa shape index (κ2) is 5.04. The summed E-state index contributed by atoms with van der Waals surface area (Å²) in [7, 11) is 0. The van der Waals surface area contributed by atoms with Gasteiger partial charge in [0.25, 0.3) is 0 Å². The third-order valence-corrected chi connectivity index (χ3v) is 1.16. The molecule has 13 heavy (non-hydrogen) atoms. The molecular weight excluding hydrogens is 172 g/mol. The van der Waals surface area contributed by atoms with E-state index in [1.807, 2.05) is 5.48 Å². The van der Waals surface area contributed by atoms with Crippen LogP contribution in [0.1, 0.15) is 27.7 Å². The molecule has 0 aliphatic carbocycles. The van der Waals surface area contributed by atoms with Crippen molar-refractivity contribution in [2.75, 3.05) is 6.54 Å². The van der Waals surface area contributed by atoms with E-state index in [1.54, 1.807) is 27.7 Å². The maximum atomic E-state index is 11.1. The van der Waals surface area contributed by atoms with Gasteiger partial charge in [0, 0.05) is 12.6 Å². The van der Waals surface area contributed by atoms with Gasteiger partial charge in [-0.05, 0) is 27.7 Å². The zero-order valence-corrected chi connectivity index (χ0v) is 8.55. The Labute approximate surface area is 78.4 Å². The molecule has 0 aromatic heterocycles. The van der Waals surface area contributed by atoms with Gasteiger partial charge in [-0.15, -0.1) is 0 Å². The second-order valence-electron chi connectivity index (χ2n) is 3.91. The molecule has 0 aromatic rings. The van der Waals surface area contributed by atoms with Crippen LogP contribution in [0.5, 0.6) is 0 Å². The number of rotatable bonds is 3. The second-order valence-corrected chi connectivity index (χ2v) is 3.91. The van der Waals surface area contributed by atoms with Crippen LogP contribution in [-0.4, -0.2) is 29.5 Å². The van der Waals surface area contributed by atoms with Gasteiger partial charge in [-0.1, -0.05) is 0 Å². The average Bonchev–Trinajstić information content (AvgIpc) is 1.81. The summed E-state index contributed by atoms with van der Waals surface area (Å²) in [4.78, 5) is 11.1. The molecule has 0 saturated carbocycles. The third-order valence-electron chi connectivity index (χ3n) is 1.16. The minimum atomic E-state index is -0.490.